The molecule has 1 amide bonds. The number of likely N-dealkylation sites (tertiary alicyclic amines) is 1. The van der Waals surface area contributed by atoms with Crippen molar-refractivity contribution in [1.29, 1.82) is 0 Å². The summed E-state index contributed by atoms with van der Waals surface area (Å²) in [5, 5.41) is 2.92. The second kappa shape index (κ2) is 9.74. The van der Waals surface area contributed by atoms with Gasteiger partial charge in [-0.2, -0.15) is 4.72 Å². The Morgan fingerprint density at radius 1 is 1.21 bits per heavy atom. The van der Waals surface area contributed by atoms with Gasteiger partial charge in [0, 0.05) is 12.1 Å². The van der Waals surface area contributed by atoms with Crippen molar-refractivity contribution in [1.82, 2.24) is 14.9 Å². The van der Waals surface area contributed by atoms with E-state index < -0.39 is 10.0 Å². The second-order valence-corrected chi connectivity index (χ2v) is 8.66. The van der Waals surface area contributed by atoms with Gasteiger partial charge in [-0.3, -0.25) is 9.69 Å². The number of piperidine rings is 1. The molecule has 1 aromatic carbocycles. The van der Waals surface area contributed by atoms with E-state index in [9.17, 15) is 13.2 Å². The first-order valence-corrected chi connectivity index (χ1v) is 11.1. The molecule has 2 N–H and O–H groups in total. The van der Waals surface area contributed by atoms with Crippen molar-refractivity contribution in [3.05, 3.63) is 54.0 Å². The van der Waals surface area contributed by atoms with E-state index in [1.807, 2.05) is 12.1 Å². The highest BCUT2D eigenvalue weighted by atomic mass is 32.2. The number of nitrogens with one attached hydrogen (secondary N) is 2. The summed E-state index contributed by atoms with van der Waals surface area (Å²) in [6.07, 6.45) is 10.2. The Bertz CT molecular complexity index is 958. The molecule has 1 unspecified atom stereocenters. The highest BCUT2D eigenvalue weighted by molar-refractivity contribution is 7.89. The van der Waals surface area contributed by atoms with Crippen LogP contribution in [0.2, 0.25) is 0 Å². The SMILES string of the molecule is C#CCNS(=O)(=O)c1cccc(C(=O)NCC(c2ccco2)N2CCCCC2)c1. The van der Waals surface area contributed by atoms with Crippen LogP contribution in [0.1, 0.15) is 41.4 Å². The lowest BCUT2D eigenvalue weighted by Crippen LogP contribution is -2.40. The normalized spacial score (nSPS) is 16.1. The summed E-state index contributed by atoms with van der Waals surface area (Å²) in [7, 11) is -3.76. The largest absolute Gasteiger partial charge is 0.468 e. The first kappa shape index (κ1) is 21.1. The zero-order chi connectivity index (χ0) is 20.7. The van der Waals surface area contributed by atoms with E-state index in [0.29, 0.717) is 6.54 Å². The molecule has 7 nitrogen and oxygen atoms in total. The highest BCUT2D eigenvalue weighted by Crippen LogP contribution is 2.24. The lowest BCUT2D eigenvalue weighted by Gasteiger charge is -2.33. The lowest BCUT2D eigenvalue weighted by molar-refractivity contribution is 0.0914. The minimum Gasteiger partial charge on any atom is -0.468 e. The zero-order valence-corrected chi connectivity index (χ0v) is 17.0. The predicted molar refractivity (Wildman–Crippen MR) is 110 cm³/mol. The van der Waals surface area contributed by atoms with Crippen molar-refractivity contribution >= 4 is 15.9 Å². The van der Waals surface area contributed by atoms with Crippen LogP contribution in [0.5, 0.6) is 0 Å². The van der Waals surface area contributed by atoms with Gasteiger partial charge in [0.2, 0.25) is 10.0 Å². The van der Waals surface area contributed by atoms with Crippen molar-refractivity contribution in [2.45, 2.75) is 30.2 Å². The molecule has 1 atom stereocenters. The number of nitrogens with zero attached hydrogens (tertiary/aromatic N) is 1. The molecule has 0 aliphatic carbocycles. The first-order chi connectivity index (χ1) is 14.0. The molecule has 2 aromatic rings. The number of benzene rings is 1. The summed E-state index contributed by atoms with van der Waals surface area (Å²) in [5.74, 6) is 2.69. The van der Waals surface area contributed by atoms with E-state index in [0.717, 1.165) is 31.7 Å². The Kier molecular flexibility index (Phi) is 7.09. The lowest BCUT2D eigenvalue weighted by atomic mass is 10.1. The van der Waals surface area contributed by atoms with Gasteiger partial charge in [0.05, 0.1) is 23.7 Å². The molecule has 1 fully saturated rings. The summed E-state index contributed by atoms with van der Waals surface area (Å²) in [6.45, 7) is 2.17. The maximum absolute atomic E-state index is 12.7. The minimum absolute atomic E-state index is 0.000912. The molecule has 1 aliphatic heterocycles. The average Bonchev–Trinajstić information content (AvgIpc) is 3.28. The van der Waals surface area contributed by atoms with Gasteiger partial charge in [-0.1, -0.05) is 18.4 Å². The molecule has 0 radical (unpaired) electrons. The van der Waals surface area contributed by atoms with Crippen LogP contribution < -0.4 is 10.0 Å². The van der Waals surface area contributed by atoms with Gasteiger partial charge in [0.15, 0.2) is 0 Å². The number of carbonyl (C=O) groups is 1. The van der Waals surface area contributed by atoms with Crippen molar-refractivity contribution in [2.24, 2.45) is 0 Å². The van der Waals surface area contributed by atoms with Gasteiger partial charge in [-0.25, -0.2) is 8.42 Å². The molecule has 3 rings (SSSR count). The van der Waals surface area contributed by atoms with Crippen LogP contribution in [0, 0.1) is 12.3 Å². The van der Waals surface area contributed by atoms with Gasteiger partial charge >= 0.3 is 0 Å². The number of hydrogen-bond donors (Lipinski definition) is 2. The molecule has 1 aromatic heterocycles. The van der Waals surface area contributed by atoms with E-state index in [-0.39, 0.29) is 29.0 Å². The Hall–Kier alpha value is -2.60. The molecule has 0 saturated carbocycles. The third kappa shape index (κ3) is 5.48. The van der Waals surface area contributed by atoms with E-state index in [4.69, 9.17) is 10.8 Å². The maximum atomic E-state index is 12.7. The Balaban J connectivity index is 1.70. The fourth-order valence-electron chi connectivity index (χ4n) is 3.44. The van der Waals surface area contributed by atoms with Crippen molar-refractivity contribution in [3.8, 4) is 12.3 Å². The number of carbonyl (C=O) groups excluding carboxylic acids is 1. The van der Waals surface area contributed by atoms with Crippen LogP contribution in [-0.2, 0) is 10.0 Å². The van der Waals surface area contributed by atoms with E-state index in [1.54, 1.807) is 12.3 Å². The van der Waals surface area contributed by atoms with Crippen molar-refractivity contribution in [2.75, 3.05) is 26.2 Å². The van der Waals surface area contributed by atoms with Crippen LogP contribution in [0.3, 0.4) is 0 Å². The monoisotopic (exact) mass is 415 g/mol. The van der Waals surface area contributed by atoms with E-state index >= 15 is 0 Å². The predicted octanol–water partition coefficient (Wildman–Crippen LogP) is 2.15. The number of terminal acetylenes is 1. The quantitative estimate of drug-likeness (QED) is 0.645. The number of hydrogen-bond acceptors (Lipinski definition) is 5. The maximum Gasteiger partial charge on any atom is 0.251 e. The molecule has 0 bridgehead atoms. The summed E-state index contributed by atoms with van der Waals surface area (Å²) >= 11 is 0. The minimum atomic E-state index is -3.76. The van der Waals surface area contributed by atoms with E-state index in [2.05, 4.69) is 20.9 Å². The van der Waals surface area contributed by atoms with Crippen LogP contribution >= 0.6 is 0 Å². The third-order valence-corrected chi connectivity index (χ3v) is 6.33. The average molecular weight is 416 g/mol. The van der Waals surface area contributed by atoms with Gasteiger partial charge in [0.1, 0.15) is 5.76 Å². The fraction of sp³-hybridized carbons (Fsp3) is 0.381. The van der Waals surface area contributed by atoms with Gasteiger partial charge < -0.3 is 9.73 Å². The molecule has 154 valence electrons. The molecule has 8 heteroatoms. The Labute approximate surface area is 171 Å². The smallest absolute Gasteiger partial charge is 0.251 e. The third-order valence-electron chi connectivity index (χ3n) is 4.93. The van der Waals surface area contributed by atoms with Crippen LogP contribution in [0.15, 0.2) is 52.0 Å². The Morgan fingerprint density at radius 3 is 2.69 bits per heavy atom. The van der Waals surface area contributed by atoms with Crippen LogP contribution in [-0.4, -0.2) is 45.4 Å². The van der Waals surface area contributed by atoms with Gasteiger partial charge in [-0.15, -0.1) is 6.42 Å². The molecular formula is C21H25N3O4S. The van der Waals surface area contributed by atoms with Gasteiger partial charge in [-0.05, 0) is 56.3 Å². The summed E-state index contributed by atoms with van der Waals surface area (Å²) in [5.41, 5.74) is 0.269. The molecule has 29 heavy (non-hydrogen) atoms. The molecule has 1 saturated heterocycles. The first-order valence-electron chi connectivity index (χ1n) is 9.60. The topological polar surface area (TPSA) is 91.6 Å². The highest BCUT2D eigenvalue weighted by Gasteiger charge is 2.25. The Morgan fingerprint density at radius 2 is 2.00 bits per heavy atom. The summed E-state index contributed by atoms with van der Waals surface area (Å²) < 4.78 is 32.4. The zero-order valence-electron chi connectivity index (χ0n) is 16.1. The van der Waals surface area contributed by atoms with Crippen LogP contribution in [0.25, 0.3) is 0 Å². The fourth-order valence-corrected chi connectivity index (χ4v) is 4.42. The van der Waals surface area contributed by atoms with Crippen molar-refractivity contribution < 1.29 is 17.6 Å². The van der Waals surface area contributed by atoms with Crippen LogP contribution in [0.4, 0.5) is 0 Å². The number of sulfonamides is 1. The molecular weight excluding hydrogens is 390 g/mol. The number of amides is 1. The summed E-state index contributed by atoms with van der Waals surface area (Å²) in [6, 6.07) is 9.58. The standard InChI is InChI=1S/C21H25N3O4S/c1-2-11-23-29(26,27)18-9-6-8-17(15-18)21(25)22-16-19(20-10-7-14-28-20)24-12-4-3-5-13-24/h1,6-10,14-15,19,23H,3-5,11-13,16H2,(H,22,25). The van der Waals surface area contributed by atoms with Gasteiger partial charge in [0.25, 0.3) is 5.91 Å². The number of furan rings is 1. The second-order valence-electron chi connectivity index (χ2n) is 6.89. The molecule has 2 heterocycles. The summed E-state index contributed by atoms with van der Waals surface area (Å²) in [4.78, 5) is 15.0. The molecule has 0 spiro atoms. The van der Waals surface area contributed by atoms with E-state index in [1.165, 1.54) is 24.6 Å². The van der Waals surface area contributed by atoms with Crippen molar-refractivity contribution in [3.63, 3.8) is 0 Å². The number of rotatable bonds is 8. The molecule has 1 aliphatic rings.